The number of ether oxygens (including phenoxy) is 1. The van der Waals surface area contributed by atoms with Gasteiger partial charge in [-0.15, -0.1) is 10.2 Å². The first-order valence-corrected chi connectivity index (χ1v) is 8.86. The highest BCUT2D eigenvalue weighted by molar-refractivity contribution is 7.88. The van der Waals surface area contributed by atoms with Crippen LogP contribution in [0.5, 0.6) is 0 Å². The van der Waals surface area contributed by atoms with E-state index in [0.29, 0.717) is 30.9 Å². The number of rotatable bonds is 4. The van der Waals surface area contributed by atoms with Crippen molar-refractivity contribution in [1.29, 1.82) is 0 Å². The van der Waals surface area contributed by atoms with E-state index in [1.807, 2.05) is 6.08 Å². The highest BCUT2D eigenvalue weighted by atomic mass is 32.2. The van der Waals surface area contributed by atoms with Crippen molar-refractivity contribution in [2.75, 3.05) is 26.0 Å². The van der Waals surface area contributed by atoms with Gasteiger partial charge in [0.1, 0.15) is 6.10 Å². The van der Waals surface area contributed by atoms with Crippen LogP contribution in [0.4, 0.5) is 0 Å². The fraction of sp³-hybridized carbons (Fsp3) is 0.692. The summed E-state index contributed by atoms with van der Waals surface area (Å²) < 4.78 is 35.7. The van der Waals surface area contributed by atoms with E-state index in [4.69, 9.17) is 9.15 Å². The molecule has 0 aromatic carbocycles. The molecule has 116 valence electrons. The van der Waals surface area contributed by atoms with Gasteiger partial charge in [0.25, 0.3) is 0 Å². The smallest absolute Gasteiger partial charge is 0.246 e. The van der Waals surface area contributed by atoms with Gasteiger partial charge in [-0.3, -0.25) is 0 Å². The molecule has 0 radical (unpaired) electrons. The van der Waals surface area contributed by atoms with Gasteiger partial charge < -0.3 is 9.15 Å². The molecule has 1 atom stereocenters. The van der Waals surface area contributed by atoms with E-state index in [1.165, 1.54) is 29.0 Å². The first kappa shape index (κ1) is 14.7. The van der Waals surface area contributed by atoms with Gasteiger partial charge >= 0.3 is 0 Å². The average molecular weight is 313 g/mol. The molecule has 1 saturated carbocycles. The summed E-state index contributed by atoms with van der Waals surface area (Å²) in [7, 11) is -3.23. The van der Waals surface area contributed by atoms with Crippen molar-refractivity contribution in [1.82, 2.24) is 14.5 Å². The van der Waals surface area contributed by atoms with Crippen LogP contribution in [0.1, 0.15) is 37.7 Å². The minimum atomic E-state index is -3.23. The number of hydrogen-bond acceptors (Lipinski definition) is 6. The monoisotopic (exact) mass is 313 g/mol. The van der Waals surface area contributed by atoms with E-state index in [2.05, 4.69) is 17.1 Å². The van der Waals surface area contributed by atoms with Gasteiger partial charge in [-0.05, 0) is 25.7 Å². The zero-order valence-electron chi connectivity index (χ0n) is 12.2. The van der Waals surface area contributed by atoms with Gasteiger partial charge in [0.05, 0.1) is 12.9 Å². The van der Waals surface area contributed by atoms with Crippen molar-refractivity contribution in [2.24, 2.45) is 5.92 Å². The van der Waals surface area contributed by atoms with Crippen LogP contribution in [0.3, 0.4) is 0 Å². The maximum absolute atomic E-state index is 11.6. The standard InChI is InChI=1S/C13H19N3O4S/c1-9(10-3-4-10)7-12-14-15-13(20-12)11-8-16(5-6-19-11)21(2,17)18/h7,10-11H,3-6,8H2,1-2H3/b9-7+/t11-/m0/s1. The van der Waals surface area contributed by atoms with E-state index in [1.54, 1.807) is 0 Å². The number of sulfonamides is 1. The first-order valence-electron chi connectivity index (χ1n) is 7.02. The summed E-state index contributed by atoms with van der Waals surface area (Å²) >= 11 is 0. The molecular formula is C13H19N3O4S. The third-order valence-corrected chi connectivity index (χ3v) is 5.07. The van der Waals surface area contributed by atoms with Crippen LogP contribution < -0.4 is 0 Å². The van der Waals surface area contributed by atoms with E-state index in [9.17, 15) is 8.42 Å². The Hall–Kier alpha value is -1.25. The molecule has 1 saturated heterocycles. The highest BCUT2D eigenvalue weighted by Gasteiger charge is 2.31. The molecule has 0 N–H and O–H groups in total. The number of allylic oxidation sites excluding steroid dienone is 1. The van der Waals surface area contributed by atoms with Crippen molar-refractivity contribution >= 4 is 16.1 Å². The van der Waals surface area contributed by atoms with Crippen molar-refractivity contribution in [3.8, 4) is 0 Å². The molecule has 1 aromatic rings. The largest absolute Gasteiger partial charge is 0.418 e. The van der Waals surface area contributed by atoms with Gasteiger partial charge in [0.15, 0.2) is 0 Å². The van der Waals surface area contributed by atoms with Crippen LogP contribution >= 0.6 is 0 Å². The van der Waals surface area contributed by atoms with Gasteiger partial charge in [-0.2, -0.15) is 4.31 Å². The topological polar surface area (TPSA) is 85.5 Å². The fourth-order valence-electron chi connectivity index (χ4n) is 2.36. The third-order valence-electron chi connectivity index (χ3n) is 3.80. The predicted octanol–water partition coefficient (Wildman–Crippen LogP) is 1.22. The number of aromatic nitrogens is 2. The second-order valence-electron chi connectivity index (χ2n) is 5.62. The molecule has 0 unspecified atom stereocenters. The molecule has 21 heavy (non-hydrogen) atoms. The highest BCUT2D eigenvalue weighted by Crippen LogP contribution is 2.37. The summed E-state index contributed by atoms with van der Waals surface area (Å²) in [6.45, 7) is 2.96. The summed E-state index contributed by atoms with van der Waals surface area (Å²) in [5.41, 5.74) is 1.24. The van der Waals surface area contributed by atoms with Crippen LogP contribution in [-0.2, 0) is 14.8 Å². The Kier molecular flexibility index (Phi) is 3.85. The van der Waals surface area contributed by atoms with Gasteiger partial charge in [0.2, 0.25) is 21.8 Å². The lowest BCUT2D eigenvalue weighted by atomic mass is 10.2. The molecule has 2 aliphatic rings. The first-order chi connectivity index (χ1) is 9.93. The molecule has 0 spiro atoms. The van der Waals surface area contributed by atoms with Gasteiger partial charge in [0, 0.05) is 19.2 Å². The molecule has 0 bridgehead atoms. The Labute approximate surface area is 124 Å². The van der Waals surface area contributed by atoms with E-state index >= 15 is 0 Å². The Morgan fingerprint density at radius 3 is 2.81 bits per heavy atom. The minimum absolute atomic E-state index is 0.214. The minimum Gasteiger partial charge on any atom is -0.418 e. The number of hydrogen-bond donors (Lipinski definition) is 0. The lowest BCUT2D eigenvalue weighted by molar-refractivity contribution is -0.0172. The van der Waals surface area contributed by atoms with E-state index in [0.717, 1.165) is 0 Å². The normalized spacial score (nSPS) is 25.2. The third kappa shape index (κ3) is 3.50. The van der Waals surface area contributed by atoms with Crippen LogP contribution in [0.15, 0.2) is 9.99 Å². The quantitative estimate of drug-likeness (QED) is 0.830. The molecule has 1 aromatic heterocycles. The van der Waals surface area contributed by atoms with Crippen molar-refractivity contribution in [3.63, 3.8) is 0 Å². The predicted molar refractivity (Wildman–Crippen MR) is 75.8 cm³/mol. The Morgan fingerprint density at radius 2 is 2.14 bits per heavy atom. The van der Waals surface area contributed by atoms with Crippen LogP contribution in [-0.4, -0.2) is 48.9 Å². The molecule has 8 heteroatoms. The molecule has 7 nitrogen and oxygen atoms in total. The number of morpholine rings is 1. The molecule has 1 aliphatic heterocycles. The number of nitrogens with zero attached hydrogens (tertiary/aromatic N) is 3. The maximum Gasteiger partial charge on any atom is 0.246 e. The van der Waals surface area contributed by atoms with Crippen molar-refractivity contribution in [2.45, 2.75) is 25.9 Å². The lowest BCUT2D eigenvalue weighted by Crippen LogP contribution is -2.41. The second-order valence-corrected chi connectivity index (χ2v) is 7.60. The van der Waals surface area contributed by atoms with Crippen LogP contribution in [0.25, 0.3) is 6.08 Å². The molecular weight excluding hydrogens is 294 g/mol. The van der Waals surface area contributed by atoms with E-state index < -0.39 is 16.1 Å². The summed E-state index contributed by atoms with van der Waals surface area (Å²) in [5, 5.41) is 7.97. The molecule has 2 heterocycles. The summed E-state index contributed by atoms with van der Waals surface area (Å²) in [6, 6.07) is 0. The maximum atomic E-state index is 11.6. The van der Waals surface area contributed by atoms with Crippen molar-refractivity contribution in [3.05, 3.63) is 17.4 Å². The summed E-state index contributed by atoms with van der Waals surface area (Å²) in [6.07, 6.45) is 5.03. The molecule has 2 fully saturated rings. The SMILES string of the molecule is C/C(=C\c1nnc([C@@H]2CN(S(C)(=O)=O)CCO2)o1)C1CC1. The fourth-order valence-corrected chi connectivity index (χ4v) is 3.17. The summed E-state index contributed by atoms with van der Waals surface area (Å²) in [5.74, 6) is 1.43. The molecule has 1 aliphatic carbocycles. The second kappa shape index (κ2) is 5.51. The zero-order chi connectivity index (χ0) is 15.0. The molecule has 3 rings (SSSR count). The molecule has 0 amide bonds. The Balaban J connectivity index is 1.72. The zero-order valence-corrected chi connectivity index (χ0v) is 13.0. The average Bonchev–Trinajstić information content (AvgIpc) is 3.19. The van der Waals surface area contributed by atoms with Crippen molar-refractivity contribution < 1.29 is 17.6 Å². The lowest BCUT2D eigenvalue weighted by Gasteiger charge is -2.29. The van der Waals surface area contributed by atoms with Crippen LogP contribution in [0.2, 0.25) is 0 Å². The Bertz CT molecular complexity index is 648. The Morgan fingerprint density at radius 1 is 1.38 bits per heavy atom. The van der Waals surface area contributed by atoms with Gasteiger partial charge in [-0.25, -0.2) is 8.42 Å². The van der Waals surface area contributed by atoms with Gasteiger partial charge in [-0.1, -0.05) is 5.57 Å². The summed E-state index contributed by atoms with van der Waals surface area (Å²) in [4.78, 5) is 0. The van der Waals surface area contributed by atoms with Crippen LogP contribution in [0, 0.1) is 5.92 Å². The van der Waals surface area contributed by atoms with E-state index in [-0.39, 0.29) is 6.54 Å².